The van der Waals surface area contributed by atoms with Crippen molar-refractivity contribution < 1.29 is 27.5 Å². The fourth-order valence-corrected chi connectivity index (χ4v) is 5.28. The zero-order valence-electron chi connectivity index (χ0n) is 16.4. The van der Waals surface area contributed by atoms with Crippen LogP contribution in [0.2, 0.25) is 0 Å². The SMILES string of the molecule is COC(CN(C)C(=O)CCS(=O)(=O)c1cc(Br)cc2c1N(C(C)=O)CC2)OC. The van der Waals surface area contributed by atoms with E-state index >= 15 is 0 Å². The number of benzene rings is 1. The van der Waals surface area contributed by atoms with Gasteiger partial charge in [-0.1, -0.05) is 15.9 Å². The minimum absolute atomic E-state index is 0.0756. The van der Waals surface area contributed by atoms with Crippen LogP contribution in [0.1, 0.15) is 18.9 Å². The summed E-state index contributed by atoms with van der Waals surface area (Å²) in [6, 6.07) is 3.32. The van der Waals surface area contributed by atoms with Crippen molar-refractivity contribution in [1.29, 1.82) is 0 Å². The van der Waals surface area contributed by atoms with Gasteiger partial charge in [0.05, 0.1) is 22.9 Å². The summed E-state index contributed by atoms with van der Waals surface area (Å²) >= 11 is 3.34. The van der Waals surface area contributed by atoms with Gasteiger partial charge >= 0.3 is 0 Å². The number of rotatable bonds is 8. The van der Waals surface area contributed by atoms with E-state index in [-0.39, 0.29) is 35.4 Å². The number of carbonyl (C=O) groups excluding carboxylic acids is 2. The van der Waals surface area contributed by atoms with E-state index in [9.17, 15) is 18.0 Å². The van der Waals surface area contributed by atoms with Gasteiger partial charge in [-0.2, -0.15) is 0 Å². The molecule has 0 radical (unpaired) electrons. The molecule has 0 N–H and O–H groups in total. The van der Waals surface area contributed by atoms with E-state index in [2.05, 4.69) is 15.9 Å². The number of halogens is 1. The molecule has 0 unspecified atom stereocenters. The van der Waals surface area contributed by atoms with Crippen LogP contribution >= 0.6 is 15.9 Å². The summed E-state index contributed by atoms with van der Waals surface area (Å²) in [5, 5.41) is 0. The molecule has 2 amide bonds. The maximum atomic E-state index is 13.0. The minimum Gasteiger partial charge on any atom is -0.354 e. The summed E-state index contributed by atoms with van der Waals surface area (Å²) in [5.74, 6) is -0.897. The smallest absolute Gasteiger partial charge is 0.223 e. The molecule has 10 heteroatoms. The lowest BCUT2D eigenvalue weighted by atomic mass is 10.2. The van der Waals surface area contributed by atoms with Crippen molar-refractivity contribution in [2.75, 3.05) is 45.0 Å². The lowest BCUT2D eigenvalue weighted by Crippen LogP contribution is -2.36. The molecule has 2 rings (SSSR count). The van der Waals surface area contributed by atoms with Crippen molar-refractivity contribution in [2.45, 2.75) is 31.0 Å². The first-order valence-corrected chi connectivity index (χ1v) is 11.2. The molecule has 156 valence electrons. The van der Waals surface area contributed by atoms with Gasteiger partial charge in [0.25, 0.3) is 0 Å². The van der Waals surface area contributed by atoms with Gasteiger partial charge in [-0.05, 0) is 24.1 Å². The van der Waals surface area contributed by atoms with Crippen LogP contribution < -0.4 is 4.90 Å². The van der Waals surface area contributed by atoms with Crippen molar-refractivity contribution in [2.24, 2.45) is 0 Å². The predicted molar refractivity (Wildman–Crippen MR) is 108 cm³/mol. The molecule has 0 spiro atoms. The highest BCUT2D eigenvalue weighted by Crippen LogP contribution is 2.38. The third-order valence-electron chi connectivity index (χ3n) is 4.67. The molecular weight excluding hydrogens is 452 g/mol. The summed E-state index contributed by atoms with van der Waals surface area (Å²) in [6.45, 7) is 2.05. The van der Waals surface area contributed by atoms with Crippen LogP contribution in [-0.4, -0.2) is 71.5 Å². The van der Waals surface area contributed by atoms with Crippen molar-refractivity contribution in [3.8, 4) is 0 Å². The second-order valence-electron chi connectivity index (χ2n) is 6.58. The Kier molecular flexibility index (Phi) is 7.60. The maximum Gasteiger partial charge on any atom is 0.223 e. The number of likely N-dealkylation sites (N-methyl/N-ethyl adjacent to an activating group) is 1. The van der Waals surface area contributed by atoms with Gasteiger partial charge < -0.3 is 19.3 Å². The molecule has 1 heterocycles. The first kappa shape index (κ1) is 22.8. The van der Waals surface area contributed by atoms with Crippen LogP contribution in [0.5, 0.6) is 0 Å². The molecule has 8 nitrogen and oxygen atoms in total. The van der Waals surface area contributed by atoms with E-state index in [0.29, 0.717) is 23.1 Å². The molecule has 0 saturated heterocycles. The van der Waals surface area contributed by atoms with E-state index < -0.39 is 16.1 Å². The van der Waals surface area contributed by atoms with Gasteiger partial charge in [0.2, 0.25) is 11.8 Å². The fraction of sp³-hybridized carbons (Fsp3) is 0.556. The third kappa shape index (κ3) is 5.11. The number of hydrogen-bond acceptors (Lipinski definition) is 6. The van der Waals surface area contributed by atoms with E-state index in [0.717, 1.165) is 5.56 Å². The molecule has 0 aliphatic carbocycles. The van der Waals surface area contributed by atoms with Crippen LogP contribution in [0.25, 0.3) is 0 Å². The first-order valence-electron chi connectivity index (χ1n) is 8.73. The molecular formula is C18H25BrN2O6S. The number of anilines is 1. The molecule has 1 aromatic rings. The number of methoxy groups -OCH3 is 2. The zero-order valence-corrected chi connectivity index (χ0v) is 18.8. The van der Waals surface area contributed by atoms with Crippen molar-refractivity contribution in [3.63, 3.8) is 0 Å². The molecule has 1 aliphatic heterocycles. The summed E-state index contributed by atoms with van der Waals surface area (Å²) in [6.07, 6.45) is -0.170. The molecule has 0 bridgehead atoms. The molecule has 0 atom stereocenters. The maximum absolute atomic E-state index is 13.0. The van der Waals surface area contributed by atoms with E-state index in [1.54, 1.807) is 7.05 Å². The van der Waals surface area contributed by atoms with Crippen LogP contribution in [0, 0.1) is 0 Å². The summed E-state index contributed by atoms with van der Waals surface area (Å²) in [5.41, 5.74) is 1.23. The second kappa shape index (κ2) is 9.34. The van der Waals surface area contributed by atoms with Gasteiger partial charge in [0, 0.05) is 45.6 Å². The predicted octanol–water partition coefficient (Wildman–Crippen LogP) is 1.60. The quantitative estimate of drug-likeness (QED) is 0.529. The number of hydrogen-bond donors (Lipinski definition) is 0. The van der Waals surface area contributed by atoms with Gasteiger partial charge in [-0.3, -0.25) is 9.59 Å². The van der Waals surface area contributed by atoms with Crippen molar-refractivity contribution >= 4 is 43.3 Å². The zero-order chi connectivity index (χ0) is 21.1. The van der Waals surface area contributed by atoms with Gasteiger partial charge in [-0.15, -0.1) is 0 Å². The Morgan fingerprint density at radius 1 is 1.29 bits per heavy atom. The highest BCUT2D eigenvalue weighted by Gasteiger charge is 2.31. The Bertz CT molecular complexity index is 854. The van der Waals surface area contributed by atoms with E-state index in [1.807, 2.05) is 6.07 Å². The molecule has 1 aliphatic rings. The van der Waals surface area contributed by atoms with Gasteiger partial charge in [0.15, 0.2) is 16.1 Å². The Labute approximate surface area is 173 Å². The lowest BCUT2D eigenvalue weighted by molar-refractivity contribution is -0.142. The van der Waals surface area contributed by atoms with Gasteiger partial charge in [0.1, 0.15) is 0 Å². The molecule has 0 saturated carbocycles. The third-order valence-corrected chi connectivity index (χ3v) is 6.85. The van der Waals surface area contributed by atoms with Gasteiger partial charge in [-0.25, -0.2) is 8.42 Å². The monoisotopic (exact) mass is 476 g/mol. The molecule has 1 aromatic carbocycles. The number of nitrogens with zero attached hydrogens (tertiary/aromatic N) is 2. The summed E-state index contributed by atoms with van der Waals surface area (Å²) in [7, 11) is 0.715. The number of carbonyl (C=O) groups is 2. The Balaban J connectivity index is 2.20. The average Bonchev–Trinajstić information content (AvgIpc) is 3.07. The molecule has 0 aromatic heterocycles. The highest BCUT2D eigenvalue weighted by atomic mass is 79.9. The summed E-state index contributed by atoms with van der Waals surface area (Å²) < 4.78 is 36.7. The normalized spacial score (nSPS) is 13.7. The highest BCUT2D eigenvalue weighted by molar-refractivity contribution is 9.10. The van der Waals surface area contributed by atoms with Crippen LogP contribution in [-0.2, 0) is 35.3 Å². The number of ether oxygens (including phenoxy) is 2. The topological polar surface area (TPSA) is 93.2 Å². The Morgan fingerprint density at radius 2 is 1.93 bits per heavy atom. The fourth-order valence-electron chi connectivity index (χ4n) is 3.11. The lowest BCUT2D eigenvalue weighted by Gasteiger charge is -2.22. The first-order chi connectivity index (χ1) is 13.1. The van der Waals surface area contributed by atoms with Crippen LogP contribution in [0.15, 0.2) is 21.5 Å². The second-order valence-corrected chi connectivity index (χ2v) is 9.57. The Hall–Kier alpha value is -1.49. The molecule has 28 heavy (non-hydrogen) atoms. The Morgan fingerprint density at radius 3 is 2.50 bits per heavy atom. The molecule has 0 fully saturated rings. The largest absolute Gasteiger partial charge is 0.354 e. The van der Waals surface area contributed by atoms with E-state index in [1.165, 1.54) is 37.0 Å². The number of amides is 2. The number of fused-ring (bicyclic) bond motifs is 1. The van der Waals surface area contributed by atoms with Crippen molar-refractivity contribution in [1.82, 2.24) is 4.90 Å². The van der Waals surface area contributed by atoms with Crippen LogP contribution in [0.4, 0.5) is 5.69 Å². The summed E-state index contributed by atoms with van der Waals surface area (Å²) in [4.78, 5) is 27.2. The van der Waals surface area contributed by atoms with Crippen molar-refractivity contribution in [3.05, 3.63) is 22.2 Å². The van der Waals surface area contributed by atoms with Crippen LogP contribution in [0.3, 0.4) is 0 Å². The van der Waals surface area contributed by atoms with E-state index in [4.69, 9.17) is 9.47 Å². The minimum atomic E-state index is -3.78. The average molecular weight is 477 g/mol. The number of sulfone groups is 1. The standard InChI is InChI=1S/C18H25BrN2O6S/c1-12(22)21-7-5-13-9-14(19)10-15(18(13)21)28(24,25)8-6-16(23)20(2)11-17(26-3)27-4/h9-10,17H,5-8,11H2,1-4H3.